The molecule has 0 spiro atoms. The van der Waals surface area contributed by atoms with Gasteiger partial charge in [0, 0.05) is 32.1 Å². The molecular weight excluding hydrogens is 286 g/mol. The molecule has 2 saturated carbocycles. The second-order valence-corrected chi connectivity index (χ2v) is 6.73. The molecule has 1 saturated heterocycles. The highest BCUT2D eigenvalue weighted by Crippen LogP contribution is 2.48. The Hall–Kier alpha value is -1.79. The van der Waals surface area contributed by atoms with Crippen LogP contribution in [-0.2, 0) is 9.59 Å². The van der Waals surface area contributed by atoms with Crippen LogP contribution in [0.3, 0.4) is 0 Å². The molecule has 0 aromatic heterocycles. The van der Waals surface area contributed by atoms with Gasteiger partial charge in [-0.1, -0.05) is 6.42 Å². The Labute approximate surface area is 129 Å². The lowest BCUT2D eigenvalue weighted by atomic mass is 9.81. The van der Waals surface area contributed by atoms with Crippen molar-refractivity contribution in [3.8, 4) is 0 Å². The van der Waals surface area contributed by atoms with Crippen LogP contribution in [0.2, 0.25) is 0 Å². The molecule has 3 fully saturated rings. The lowest BCUT2D eigenvalue weighted by Gasteiger charge is -2.23. The van der Waals surface area contributed by atoms with Crippen molar-refractivity contribution in [2.75, 3.05) is 26.2 Å². The normalized spacial score (nSPS) is 30.0. The van der Waals surface area contributed by atoms with E-state index in [2.05, 4.69) is 10.6 Å². The van der Waals surface area contributed by atoms with Crippen LogP contribution >= 0.6 is 0 Å². The Morgan fingerprint density at radius 2 is 1.86 bits per heavy atom. The minimum atomic E-state index is -0.776. The molecule has 3 rings (SSSR count). The predicted molar refractivity (Wildman–Crippen MR) is 78.1 cm³/mol. The molecule has 0 unspecified atom stereocenters. The molecule has 122 valence electrons. The molecule has 3 amide bonds. The number of hydrogen-bond donors (Lipinski definition) is 3. The molecule has 1 aliphatic heterocycles. The molecular formula is C15H23N3O4. The minimum absolute atomic E-state index is 0.0646. The third-order valence-corrected chi connectivity index (χ3v) is 5.23. The van der Waals surface area contributed by atoms with Crippen molar-refractivity contribution in [1.82, 2.24) is 15.5 Å². The van der Waals surface area contributed by atoms with E-state index in [4.69, 9.17) is 0 Å². The van der Waals surface area contributed by atoms with Crippen molar-refractivity contribution < 1.29 is 19.5 Å². The maximum Gasteiger partial charge on any atom is 0.317 e. The first kappa shape index (κ1) is 15.1. The second-order valence-electron chi connectivity index (χ2n) is 6.73. The van der Waals surface area contributed by atoms with Gasteiger partial charge >= 0.3 is 12.0 Å². The Balaban J connectivity index is 1.43. The lowest BCUT2D eigenvalue weighted by molar-refractivity contribution is -0.149. The van der Waals surface area contributed by atoms with E-state index in [9.17, 15) is 19.5 Å². The first-order valence-corrected chi connectivity index (χ1v) is 8.07. The van der Waals surface area contributed by atoms with Crippen molar-refractivity contribution in [2.45, 2.75) is 32.1 Å². The van der Waals surface area contributed by atoms with Crippen molar-refractivity contribution in [1.29, 1.82) is 0 Å². The highest BCUT2D eigenvalue weighted by Gasteiger charge is 2.55. The molecule has 7 heteroatoms. The zero-order valence-corrected chi connectivity index (χ0v) is 12.6. The van der Waals surface area contributed by atoms with Gasteiger partial charge in [0.15, 0.2) is 0 Å². The molecule has 0 bridgehead atoms. The number of urea groups is 1. The standard InChI is InChI=1S/C15H23N3O4/c19-12(10-3-4-10)16-6-7-17-14(22)18-8-11-2-1-5-15(11,9-18)13(20)21/h10-11H,1-9H2,(H,16,19)(H,17,22)(H,20,21)/t11-,15+/m0/s1. The highest BCUT2D eigenvalue weighted by molar-refractivity contribution is 5.81. The Bertz CT molecular complexity index is 491. The largest absolute Gasteiger partial charge is 0.481 e. The summed E-state index contributed by atoms with van der Waals surface area (Å²) in [5, 5.41) is 15.1. The maximum atomic E-state index is 12.1. The molecule has 2 atom stereocenters. The average Bonchev–Trinajstić information content (AvgIpc) is 3.14. The SMILES string of the molecule is O=C(NCCNC(=O)N1C[C@@H]2CCC[C@@]2(C(=O)O)C1)C1CC1. The molecule has 1 heterocycles. The number of fused-ring (bicyclic) bond motifs is 1. The van der Waals surface area contributed by atoms with Gasteiger partial charge in [0.2, 0.25) is 5.91 Å². The Morgan fingerprint density at radius 3 is 2.50 bits per heavy atom. The van der Waals surface area contributed by atoms with E-state index in [-0.39, 0.29) is 23.8 Å². The monoisotopic (exact) mass is 309 g/mol. The zero-order chi connectivity index (χ0) is 15.7. The number of nitrogens with one attached hydrogen (secondary N) is 2. The summed E-state index contributed by atoms with van der Waals surface area (Å²) in [5.41, 5.74) is -0.739. The van der Waals surface area contributed by atoms with E-state index in [1.807, 2.05) is 0 Å². The molecule has 7 nitrogen and oxygen atoms in total. The van der Waals surface area contributed by atoms with E-state index >= 15 is 0 Å². The fraction of sp³-hybridized carbons (Fsp3) is 0.800. The van der Waals surface area contributed by atoms with Crippen LogP contribution in [0.25, 0.3) is 0 Å². The van der Waals surface area contributed by atoms with Gasteiger partial charge in [0.05, 0.1) is 5.41 Å². The predicted octanol–water partition coefficient (Wildman–Crippen LogP) is 0.409. The number of carboxylic acid groups (broad SMARTS) is 1. The van der Waals surface area contributed by atoms with Gasteiger partial charge < -0.3 is 20.6 Å². The summed E-state index contributed by atoms with van der Waals surface area (Å²) in [6.07, 6.45) is 4.40. The van der Waals surface area contributed by atoms with E-state index in [1.54, 1.807) is 4.90 Å². The summed E-state index contributed by atoms with van der Waals surface area (Å²) in [5.74, 6) is -0.466. The number of carbonyl (C=O) groups is 3. The summed E-state index contributed by atoms with van der Waals surface area (Å²) >= 11 is 0. The van der Waals surface area contributed by atoms with Gasteiger partial charge in [-0.3, -0.25) is 9.59 Å². The quantitative estimate of drug-likeness (QED) is 0.641. The summed E-state index contributed by atoms with van der Waals surface area (Å²) in [4.78, 5) is 36.8. The summed E-state index contributed by atoms with van der Waals surface area (Å²) in [6.45, 7) is 1.61. The zero-order valence-electron chi connectivity index (χ0n) is 12.6. The van der Waals surface area contributed by atoms with Gasteiger partial charge in [0.25, 0.3) is 0 Å². The number of carboxylic acids is 1. The minimum Gasteiger partial charge on any atom is -0.481 e. The van der Waals surface area contributed by atoms with E-state index in [1.165, 1.54) is 0 Å². The van der Waals surface area contributed by atoms with E-state index in [0.29, 0.717) is 32.6 Å². The third-order valence-electron chi connectivity index (χ3n) is 5.23. The molecule has 0 radical (unpaired) electrons. The fourth-order valence-electron chi connectivity index (χ4n) is 3.75. The van der Waals surface area contributed by atoms with Crippen molar-refractivity contribution in [2.24, 2.45) is 17.3 Å². The number of hydrogen-bond acceptors (Lipinski definition) is 3. The van der Waals surface area contributed by atoms with Gasteiger partial charge in [-0.2, -0.15) is 0 Å². The van der Waals surface area contributed by atoms with Crippen molar-refractivity contribution in [3.05, 3.63) is 0 Å². The third kappa shape index (κ3) is 2.76. The topological polar surface area (TPSA) is 98.7 Å². The van der Waals surface area contributed by atoms with Crippen molar-refractivity contribution in [3.63, 3.8) is 0 Å². The summed E-state index contributed by atoms with van der Waals surface area (Å²) in [7, 11) is 0. The first-order valence-electron chi connectivity index (χ1n) is 8.07. The highest BCUT2D eigenvalue weighted by atomic mass is 16.4. The van der Waals surface area contributed by atoms with Crippen LogP contribution in [-0.4, -0.2) is 54.1 Å². The van der Waals surface area contributed by atoms with Gasteiger partial charge in [-0.15, -0.1) is 0 Å². The fourth-order valence-corrected chi connectivity index (χ4v) is 3.75. The van der Waals surface area contributed by atoms with E-state index in [0.717, 1.165) is 25.7 Å². The molecule has 3 aliphatic rings. The van der Waals surface area contributed by atoms with Crippen molar-refractivity contribution >= 4 is 17.9 Å². The van der Waals surface area contributed by atoms with Crippen LogP contribution in [0, 0.1) is 17.3 Å². The molecule has 2 aliphatic carbocycles. The van der Waals surface area contributed by atoms with E-state index < -0.39 is 11.4 Å². The summed E-state index contributed by atoms with van der Waals surface area (Å²) < 4.78 is 0. The number of aliphatic carboxylic acids is 1. The number of rotatable bonds is 5. The average molecular weight is 309 g/mol. The lowest BCUT2D eigenvalue weighted by Crippen LogP contribution is -2.44. The number of carbonyl (C=O) groups excluding carboxylic acids is 2. The number of likely N-dealkylation sites (tertiary alicyclic amines) is 1. The second kappa shape index (κ2) is 5.78. The molecule has 3 N–H and O–H groups in total. The van der Waals surface area contributed by atoms with Crippen LogP contribution in [0.1, 0.15) is 32.1 Å². The Morgan fingerprint density at radius 1 is 1.14 bits per heavy atom. The molecule has 0 aromatic carbocycles. The molecule has 22 heavy (non-hydrogen) atoms. The van der Waals surface area contributed by atoms with Gasteiger partial charge in [-0.05, 0) is 31.6 Å². The smallest absolute Gasteiger partial charge is 0.317 e. The maximum absolute atomic E-state index is 12.1. The summed E-state index contributed by atoms with van der Waals surface area (Å²) in [6, 6.07) is -0.226. The molecule has 0 aromatic rings. The number of nitrogens with zero attached hydrogens (tertiary/aromatic N) is 1. The number of amides is 3. The Kier molecular flexibility index (Phi) is 3.97. The first-order chi connectivity index (χ1) is 10.5. The van der Waals surface area contributed by atoms with Crippen LogP contribution in [0.15, 0.2) is 0 Å². The van der Waals surface area contributed by atoms with Gasteiger partial charge in [0.1, 0.15) is 0 Å². The van der Waals surface area contributed by atoms with Gasteiger partial charge in [-0.25, -0.2) is 4.79 Å². The van der Waals surface area contributed by atoms with Crippen LogP contribution < -0.4 is 10.6 Å². The van der Waals surface area contributed by atoms with Crippen LogP contribution in [0.5, 0.6) is 0 Å². The van der Waals surface area contributed by atoms with Crippen LogP contribution in [0.4, 0.5) is 4.79 Å².